The molecule has 1 fully saturated rings. The Morgan fingerprint density at radius 1 is 1.17 bits per heavy atom. The van der Waals surface area contributed by atoms with Crippen molar-refractivity contribution in [2.45, 2.75) is 61.2 Å². The predicted molar refractivity (Wildman–Crippen MR) is 180 cm³/mol. The highest BCUT2D eigenvalue weighted by atomic mass is 32.2. The first-order chi connectivity index (χ1) is 24.9. The van der Waals surface area contributed by atoms with Gasteiger partial charge in [0.1, 0.15) is 36.1 Å². The molecular weight excluding hydrogens is 707 g/mol. The molecule has 52 heavy (non-hydrogen) atoms. The van der Waals surface area contributed by atoms with Gasteiger partial charge in [-0.3, -0.25) is 14.4 Å². The van der Waals surface area contributed by atoms with Crippen LogP contribution in [0.15, 0.2) is 67.3 Å². The van der Waals surface area contributed by atoms with E-state index in [0.717, 1.165) is 12.1 Å². The van der Waals surface area contributed by atoms with Gasteiger partial charge in [0.15, 0.2) is 11.9 Å². The van der Waals surface area contributed by atoms with Crippen molar-refractivity contribution in [3.05, 3.63) is 101 Å². The van der Waals surface area contributed by atoms with E-state index in [1.165, 1.54) is 53.4 Å². The Balaban J connectivity index is 1.45. The van der Waals surface area contributed by atoms with Crippen molar-refractivity contribution >= 4 is 35.7 Å². The van der Waals surface area contributed by atoms with Crippen molar-refractivity contribution < 1.29 is 51.6 Å². The van der Waals surface area contributed by atoms with E-state index in [4.69, 9.17) is 35.0 Å². The number of allylic oxidation sites excluding steroid dienone is 2. The molecule has 1 aliphatic heterocycles. The van der Waals surface area contributed by atoms with Crippen molar-refractivity contribution in [1.29, 1.82) is 5.26 Å². The normalized spacial score (nSPS) is 18.4. The summed E-state index contributed by atoms with van der Waals surface area (Å²) in [6, 6.07) is 7.58. The van der Waals surface area contributed by atoms with Gasteiger partial charge >= 0.3 is 17.9 Å². The molecule has 3 N–H and O–H groups in total. The van der Waals surface area contributed by atoms with Crippen LogP contribution in [0.2, 0.25) is 0 Å². The number of carboxylic acids is 1. The molecule has 2 heterocycles. The molecule has 3 atom stereocenters. The minimum Gasteiger partial charge on any atom is -0.481 e. The number of ether oxygens (including phenoxy) is 4. The Morgan fingerprint density at radius 3 is 2.60 bits per heavy atom. The van der Waals surface area contributed by atoms with Crippen molar-refractivity contribution in [3.8, 4) is 6.07 Å². The maximum absolute atomic E-state index is 15.6. The first-order valence-electron chi connectivity index (χ1n) is 16.0. The van der Waals surface area contributed by atoms with Crippen LogP contribution in [0.1, 0.15) is 42.9 Å². The SMILES string of the molecule is C[C@@H](S[C@H]1CO[C@H](C=CC=Cc2ccc(C#N)cc2F)OC1)[C@@](Cn1cncn1)(OC(=O)CCCOC(=O)[C@@H](N)CC(=O)O)c1ccc(F)cc1F. The Bertz CT molecular complexity index is 1800. The van der Waals surface area contributed by atoms with E-state index >= 15 is 4.39 Å². The van der Waals surface area contributed by atoms with Gasteiger partial charge in [-0.2, -0.15) is 10.4 Å². The van der Waals surface area contributed by atoms with Crippen LogP contribution in [0.4, 0.5) is 13.2 Å². The Morgan fingerprint density at radius 2 is 1.94 bits per heavy atom. The number of aliphatic carboxylic acids is 1. The van der Waals surface area contributed by atoms with Gasteiger partial charge in [0, 0.05) is 28.9 Å². The third-order valence-corrected chi connectivity index (χ3v) is 9.19. The summed E-state index contributed by atoms with van der Waals surface area (Å²) < 4.78 is 67.9. The monoisotopic (exact) mass is 743 g/mol. The number of nitrogens with two attached hydrogens (primary N) is 1. The van der Waals surface area contributed by atoms with Gasteiger partial charge in [-0.25, -0.2) is 22.8 Å². The van der Waals surface area contributed by atoms with E-state index in [0.29, 0.717) is 11.6 Å². The first kappa shape index (κ1) is 39.8. The maximum atomic E-state index is 15.6. The largest absolute Gasteiger partial charge is 0.481 e. The summed E-state index contributed by atoms with van der Waals surface area (Å²) in [5, 5.41) is 20.8. The van der Waals surface area contributed by atoms with E-state index in [1.54, 1.807) is 25.2 Å². The van der Waals surface area contributed by atoms with Crippen LogP contribution < -0.4 is 5.73 Å². The third-order valence-electron chi connectivity index (χ3n) is 7.74. The number of thioether (sulfide) groups is 1. The topological polar surface area (TPSA) is 189 Å². The van der Waals surface area contributed by atoms with E-state index in [2.05, 4.69) is 10.1 Å². The molecule has 17 heteroatoms. The lowest BCUT2D eigenvalue weighted by Gasteiger charge is -2.40. The average Bonchev–Trinajstić information content (AvgIpc) is 3.62. The van der Waals surface area contributed by atoms with E-state index in [1.807, 2.05) is 6.07 Å². The van der Waals surface area contributed by atoms with Crippen molar-refractivity contribution in [2.75, 3.05) is 19.8 Å². The molecule has 2 aromatic carbocycles. The highest BCUT2D eigenvalue weighted by molar-refractivity contribution is 8.00. The van der Waals surface area contributed by atoms with Crippen molar-refractivity contribution in [2.24, 2.45) is 5.73 Å². The summed E-state index contributed by atoms with van der Waals surface area (Å²) in [7, 11) is 0. The molecule has 276 valence electrons. The number of carbonyl (C=O) groups excluding carboxylic acids is 2. The van der Waals surface area contributed by atoms with Gasteiger partial charge in [0.25, 0.3) is 0 Å². The molecule has 1 saturated heterocycles. The van der Waals surface area contributed by atoms with Crippen LogP contribution in [-0.4, -0.2) is 80.4 Å². The molecule has 0 amide bonds. The highest BCUT2D eigenvalue weighted by Gasteiger charge is 2.46. The number of nitrogens with zero attached hydrogens (tertiary/aromatic N) is 4. The number of hydrogen-bond acceptors (Lipinski definition) is 12. The van der Waals surface area contributed by atoms with Gasteiger partial charge in [-0.05, 0) is 43.7 Å². The number of carboxylic acid groups (broad SMARTS) is 1. The molecule has 1 aromatic heterocycles. The second-order valence-corrected chi connectivity index (χ2v) is 13.2. The number of carbonyl (C=O) groups is 3. The number of esters is 2. The summed E-state index contributed by atoms with van der Waals surface area (Å²) in [6.07, 6.45) is 7.35. The zero-order chi connectivity index (χ0) is 37.7. The number of benzene rings is 2. The van der Waals surface area contributed by atoms with E-state index in [-0.39, 0.29) is 55.6 Å². The zero-order valence-electron chi connectivity index (χ0n) is 27.9. The predicted octanol–water partition coefficient (Wildman–Crippen LogP) is 4.26. The van der Waals surface area contributed by atoms with Crippen LogP contribution in [0.3, 0.4) is 0 Å². The Hall–Kier alpha value is -5.02. The van der Waals surface area contributed by atoms with Gasteiger partial charge in [0.2, 0.25) is 0 Å². The van der Waals surface area contributed by atoms with Gasteiger partial charge in [-0.1, -0.05) is 24.3 Å². The fourth-order valence-corrected chi connectivity index (χ4v) is 6.51. The molecule has 0 radical (unpaired) electrons. The average molecular weight is 744 g/mol. The molecule has 0 spiro atoms. The molecule has 13 nitrogen and oxygen atoms in total. The number of hydrogen-bond donors (Lipinski definition) is 2. The molecule has 0 unspecified atom stereocenters. The van der Waals surface area contributed by atoms with Crippen LogP contribution in [0.25, 0.3) is 6.08 Å². The molecule has 0 aliphatic carbocycles. The third kappa shape index (κ3) is 11.2. The van der Waals surface area contributed by atoms with Crippen molar-refractivity contribution in [1.82, 2.24) is 14.8 Å². The molecule has 0 bridgehead atoms. The number of nitriles is 1. The zero-order valence-corrected chi connectivity index (χ0v) is 28.7. The molecule has 4 rings (SSSR count). The van der Waals surface area contributed by atoms with Gasteiger partial charge in [-0.15, -0.1) is 11.8 Å². The minimum atomic E-state index is -1.77. The summed E-state index contributed by atoms with van der Waals surface area (Å²) in [4.78, 5) is 40.1. The lowest BCUT2D eigenvalue weighted by molar-refractivity contribution is -0.164. The fourth-order valence-electron chi connectivity index (χ4n) is 5.15. The van der Waals surface area contributed by atoms with E-state index < -0.39 is 65.0 Å². The summed E-state index contributed by atoms with van der Waals surface area (Å²) in [5.74, 6) is -5.35. The van der Waals surface area contributed by atoms with Gasteiger partial charge in [0.05, 0.1) is 49.7 Å². The smallest absolute Gasteiger partial charge is 0.323 e. The van der Waals surface area contributed by atoms with Crippen LogP contribution >= 0.6 is 11.8 Å². The number of rotatable bonds is 17. The second-order valence-electron chi connectivity index (χ2n) is 11.6. The number of halogens is 3. The molecular formula is C35H36F3N5O8S. The quantitative estimate of drug-likeness (QED) is 0.113. The van der Waals surface area contributed by atoms with Crippen molar-refractivity contribution in [3.63, 3.8) is 0 Å². The molecule has 3 aromatic rings. The maximum Gasteiger partial charge on any atom is 0.323 e. The minimum absolute atomic E-state index is 0.0198. The highest BCUT2D eigenvalue weighted by Crippen LogP contribution is 2.42. The lowest BCUT2D eigenvalue weighted by Crippen LogP contribution is -2.47. The number of aromatic nitrogens is 3. The Labute approximate surface area is 301 Å². The van der Waals surface area contributed by atoms with Crippen LogP contribution in [-0.2, 0) is 45.5 Å². The van der Waals surface area contributed by atoms with Crippen LogP contribution in [0.5, 0.6) is 0 Å². The van der Waals surface area contributed by atoms with Crippen LogP contribution in [0, 0.1) is 28.8 Å². The summed E-state index contributed by atoms with van der Waals surface area (Å²) >= 11 is 1.29. The Kier molecular flexibility index (Phi) is 14.5. The lowest BCUT2D eigenvalue weighted by atomic mass is 9.89. The van der Waals surface area contributed by atoms with E-state index in [9.17, 15) is 23.2 Å². The first-order valence-corrected chi connectivity index (χ1v) is 16.9. The summed E-state index contributed by atoms with van der Waals surface area (Å²) in [6.45, 7) is 1.61. The van der Waals surface area contributed by atoms with Gasteiger partial charge < -0.3 is 29.8 Å². The standard InChI is InChI=1S/C35H36F3N5O8S/c1-22(52-26-17-49-33(50-18-26)7-3-2-5-24-9-8-23(16-39)13-28(24)37)35(19-43-21-41-20-42-43,27-11-10-25(36)14-29(27)38)51-32(46)6-4-12-48-34(47)30(40)15-31(44)45/h2-3,5,7-11,13-14,20-22,26,30,33H,4,6,12,15,17-19,40H2,1H3,(H,44,45)/t22-,26-,30+,33-,35-/m1/s1. The molecule has 0 saturated carbocycles. The summed E-state index contributed by atoms with van der Waals surface area (Å²) in [5.41, 5.74) is 4.13. The fraction of sp³-hybridized carbons (Fsp3) is 0.371. The second kappa shape index (κ2) is 19.0. The molecule has 1 aliphatic rings.